The zero-order chi connectivity index (χ0) is 17.2. The van der Waals surface area contributed by atoms with Gasteiger partial charge in [-0.3, -0.25) is 0 Å². The molecule has 2 N–H and O–H groups in total. The summed E-state index contributed by atoms with van der Waals surface area (Å²) in [6, 6.07) is 5.39. The van der Waals surface area contributed by atoms with Crippen molar-refractivity contribution in [3.63, 3.8) is 0 Å². The summed E-state index contributed by atoms with van der Waals surface area (Å²) in [5.74, 6) is 0. The van der Waals surface area contributed by atoms with E-state index in [1.807, 2.05) is 13.0 Å². The van der Waals surface area contributed by atoms with Crippen molar-refractivity contribution in [1.29, 1.82) is 0 Å². The second kappa shape index (κ2) is 7.68. The molecule has 1 saturated heterocycles. The summed E-state index contributed by atoms with van der Waals surface area (Å²) in [6.45, 7) is 7.27. The maximum Gasteiger partial charge on any atom is 0.242 e. The van der Waals surface area contributed by atoms with Gasteiger partial charge in [-0.25, -0.2) is 13.1 Å². The maximum absolute atomic E-state index is 12.7. The minimum atomic E-state index is -3.52. The van der Waals surface area contributed by atoms with E-state index in [0.29, 0.717) is 21.8 Å². The Labute approximate surface area is 152 Å². The van der Waals surface area contributed by atoms with Gasteiger partial charge in [0, 0.05) is 52.7 Å². The van der Waals surface area contributed by atoms with Crippen molar-refractivity contribution in [3.05, 3.63) is 28.1 Å². The van der Waals surface area contributed by atoms with Crippen molar-refractivity contribution in [3.8, 4) is 0 Å². The molecule has 1 aromatic heterocycles. The number of piperazine rings is 1. The highest BCUT2D eigenvalue weighted by Crippen LogP contribution is 2.35. The number of benzene rings is 1. The quantitative estimate of drug-likeness (QED) is 0.747. The summed E-state index contributed by atoms with van der Waals surface area (Å²) in [6.07, 6.45) is 0.807. The highest BCUT2D eigenvalue weighted by atomic mass is 35.5. The van der Waals surface area contributed by atoms with E-state index in [0.717, 1.165) is 48.7 Å². The highest BCUT2D eigenvalue weighted by Gasteiger charge is 2.22. The Morgan fingerprint density at radius 3 is 2.83 bits per heavy atom. The van der Waals surface area contributed by atoms with Crippen LogP contribution in [0.15, 0.2) is 23.1 Å². The molecule has 0 saturated carbocycles. The molecule has 2 heterocycles. The molecule has 8 heteroatoms. The molecular formula is C16H22ClN3O2S2. The highest BCUT2D eigenvalue weighted by molar-refractivity contribution is 7.90. The SMILES string of the molecule is Cc1sc2ccc(Cl)cc2c1S(=O)(=O)NCCCN1CCNCC1. The smallest absolute Gasteiger partial charge is 0.242 e. The Balaban J connectivity index is 1.67. The number of rotatable bonds is 6. The third-order valence-corrected chi connectivity index (χ3v) is 7.29. The molecule has 1 aliphatic rings. The standard InChI is InChI=1S/C16H22ClN3O2S2/c1-12-16(14-11-13(17)3-4-15(14)23-12)24(21,22)19-5-2-8-20-9-6-18-7-10-20/h3-4,11,18-19H,2,5-10H2,1H3. The summed E-state index contributed by atoms with van der Waals surface area (Å²) in [7, 11) is -3.52. The van der Waals surface area contributed by atoms with E-state index in [1.54, 1.807) is 12.1 Å². The summed E-state index contributed by atoms with van der Waals surface area (Å²) in [5, 5.41) is 4.57. The first-order chi connectivity index (χ1) is 11.5. The summed E-state index contributed by atoms with van der Waals surface area (Å²) >= 11 is 7.52. The average molecular weight is 388 g/mol. The van der Waals surface area contributed by atoms with Crippen LogP contribution in [-0.2, 0) is 10.0 Å². The van der Waals surface area contributed by atoms with Crippen molar-refractivity contribution in [1.82, 2.24) is 14.9 Å². The van der Waals surface area contributed by atoms with Gasteiger partial charge in [0.25, 0.3) is 0 Å². The van der Waals surface area contributed by atoms with Gasteiger partial charge in [0.15, 0.2) is 0 Å². The normalized spacial score (nSPS) is 16.8. The zero-order valence-corrected chi connectivity index (χ0v) is 16.0. The predicted octanol–water partition coefficient (Wildman–Crippen LogP) is 2.44. The number of fused-ring (bicyclic) bond motifs is 1. The van der Waals surface area contributed by atoms with Gasteiger partial charge in [0.05, 0.1) is 0 Å². The number of sulfonamides is 1. The molecule has 1 aliphatic heterocycles. The molecular weight excluding hydrogens is 366 g/mol. The Morgan fingerprint density at radius 2 is 2.08 bits per heavy atom. The van der Waals surface area contributed by atoms with E-state index >= 15 is 0 Å². The van der Waals surface area contributed by atoms with E-state index in [2.05, 4.69) is 14.9 Å². The molecule has 132 valence electrons. The monoisotopic (exact) mass is 387 g/mol. The number of hydrogen-bond donors (Lipinski definition) is 2. The van der Waals surface area contributed by atoms with Crippen LogP contribution in [0.3, 0.4) is 0 Å². The number of nitrogens with one attached hydrogen (secondary N) is 2. The van der Waals surface area contributed by atoms with Crippen LogP contribution in [0.25, 0.3) is 10.1 Å². The van der Waals surface area contributed by atoms with Crippen LogP contribution >= 0.6 is 22.9 Å². The number of aryl methyl sites for hydroxylation is 1. The van der Waals surface area contributed by atoms with Crippen LogP contribution in [0, 0.1) is 6.92 Å². The minimum Gasteiger partial charge on any atom is -0.314 e. The summed E-state index contributed by atoms with van der Waals surface area (Å²) in [4.78, 5) is 3.52. The van der Waals surface area contributed by atoms with Crippen LogP contribution in [0.5, 0.6) is 0 Å². The number of halogens is 1. The van der Waals surface area contributed by atoms with Gasteiger partial charge in [-0.05, 0) is 38.1 Å². The van der Waals surface area contributed by atoms with Gasteiger partial charge >= 0.3 is 0 Å². The van der Waals surface area contributed by atoms with E-state index < -0.39 is 10.0 Å². The Kier molecular flexibility index (Phi) is 5.79. The Bertz CT molecular complexity index is 814. The predicted molar refractivity (Wildman–Crippen MR) is 101 cm³/mol. The number of nitrogens with zero attached hydrogens (tertiary/aromatic N) is 1. The van der Waals surface area contributed by atoms with Crippen molar-refractivity contribution in [2.45, 2.75) is 18.2 Å². The molecule has 0 bridgehead atoms. The molecule has 24 heavy (non-hydrogen) atoms. The van der Waals surface area contributed by atoms with Gasteiger partial charge in [-0.15, -0.1) is 11.3 Å². The average Bonchev–Trinajstić information content (AvgIpc) is 2.88. The van der Waals surface area contributed by atoms with Crippen LogP contribution in [0.2, 0.25) is 5.02 Å². The summed E-state index contributed by atoms with van der Waals surface area (Å²) in [5.41, 5.74) is 0. The summed E-state index contributed by atoms with van der Waals surface area (Å²) < 4.78 is 29.1. The molecule has 0 unspecified atom stereocenters. The van der Waals surface area contributed by atoms with Gasteiger partial charge in [0.2, 0.25) is 10.0 Å². The largest absolute Gasteiger partial charge is 0.314 e. The second-order valence-corrected chi connectivity index (χ2v) is 9.37. The first-order valence-electron chi connectivity index (χ1n) is 8.09. The lowest BCUT2D eigenvalue weighted by Gasteiger charge is -2.27. The van der Waals surface area contributed by atoms with Crippen molar-refractivity contribution < 1.29 is 8.42 Å². The van der Waals surface area contributed by atoms with Gasteiger partial charge < -0.3 is 10.2 Å². The van der Waals surface area contributed by atoms with Crippen LogP contribution in [0.1, 0.15) is 11.3 Å². The van der Waals surface area contributed by atoms with E-state index in [9.17, 15) is 8.42 Å². The molecule has 1 fully saturated rings. The molecule has 0 atom stereocenters. The van der Waals surface area contributed by atoms with E-state index in [1.165, 1.54) is 11.3 Å². The second-order valence-electron chi connectivity index (χ2n) is 5.97. The fourth-order valence-corrected chi connectivity index (χ4v) is 6.04. The van der Waals surface area contributed by atoms with Crippen molar-refractivity contribution >= 4 is 43.0 Å². The Hall–Kier alpha value is -0.700. The number of hydrogen-bond acceptors (Lipinski definition) is 5. The lowest BCUT2D eigenvalue weighted by molar-refractivity contribution is 0.239. The molecule has 5 nitrogen and oxygen atoms in total. The lowest BCUT2D eigenvalue weighted by atomic mass is 10.2. The molecule has 3 rings (SSSR count). The molecule has 1 aromatic carbocycles. The van der Waals surface area contributed by atoms with Crippen molar-refractivity contribution in [2.75, 3.05) is 39.3 Å². The molecule has 0 spiro atoms. The fourth-order valence-electron chi connectivity index (χ4n) is 3.02. The third-order valence-electron chi connectivity index (χ3n) is 4.19. The van der Waals surface area contributed by atoms with Crippen molar-refractivity contribution in [2.24, 2.45) is 0 Å². The Morgan fingerprint density at radius 1 is 1.33 bits per heavy atom. The zero-order valence-electron chi connectivity index (χ0n) is 13.6. The maximum atomic E-state index is 12.7. The van der Waals surface area contributed by atoms with E-state index in [-0.39, 0.29) is 0 Å². The molecule has 0 aliphatic carbocycles. The number of thiophene rings is 1. The van der Waals surface area contributed by atoms with Crippen LogP contribution in [-0.4, -0.2) is 52.6 Å². The van der Waals surface area contributed by atoms with Crippen LogP contribution in [0.4, 0.5) is 0 Å². The molecule has 0 amide bonds. The molecule has 2 aromatic rings. The first kappa shape index (κ1) is 18.1. The fraction of sp³-hybridized carbons (Fsp3) is 0.500. The van der Waals surface area contributed by atoms with Crippen LogP contribution < -0.4 is 10.0 Å². The molecule has 0 radical (unpaired) electrons. The third kappa shape index (κ3) is 4.09. The topological polar surface area (TPSA) is 61.4 Å². The van der Waals surface area contributed by atoms with Gasteiger partial charge in [-0.1, -0.05) is 11.6 Å². The van der Waals surface area contributed by atoms with Gasteiger partial charge in [0.1, 0.15) is 4.90 Å². The van der Waals surface area contributed by atoms with E-state index in [4.69, 9.17) is 11.6 Å². The minimum absolute atomic E-state index is 0.368. The van der Waals surface area contributed by atoms with Gasteiger partial charge in [-0.2, -0.15) is 0 Å². The lowest BCUT2D eigenvalue weighted by Crippen LogP contribution is -2.44. The first-order valence-corrected chi connectivity index (χ1v) is 10.8.